The molecular formula is C13H16FNO3. The van der Waals surface area contributed by atoms with Crippen molar-refractivity contribution in [1.82, 2.24) is 5.32 Å². The van der Waals surface area contributed by atoms with Crippen molar-refractivity contribution in [2.45, 2.75) is 26.3 Å². The van der Waals surface area contributed by atoms with E-state index in [0.717, 1.165) is 0 Å². The number of amides is 1. The van der Waals surface area contributed by atoms with Crippen LogP contribution < -0.4 is 5.32 Å². The molecule has 0 aliphatic rings. The van der Waals surface area contributed by atoms with Crippen molar-refractivity contribution < 1.29 is 19.1 Å². The van der Waals surface area contributed by atoms with E-state index in [4.69, 9.17) is 5.11 Å². The van der Waals surface area contributed by atoms with E-state index in [2.05, 4.69) is 5.32 Å². The maximum Gasteiger partial charge on any atom is 0.308 e. The van der Waals surface area contributed by atoms with Gasteiger partial charge in [0.2, 0.25) is 5.91 Å². The van der Waals surface area contributed by atoms with Gasteiger partial charge in [0.1, 0.15) is 5.82 Å². The molecule has 0 radical (unpaired) electrons. The van der Waals surface area contributed by atoms with Crippen LogP contribution in [-0.2, 0) is 16.0 Å². The molecule has 0 bridgehead atoms. The highest BCUT2D eigenvalue weighted by atomic mass is 19.1. The van der Waals surface area contributed by atoms with Gasteiger partial charge < -0.3 is 10.4 Å². The van der Waals surface area contributed by atoms with Crippen LogP contribution in [0.4, 0.5) is 4.39 Å². The number of hydrogen-bond acceptors (Lipinski definition) is 2. The first-order valence-electron chi connectivity index (χ1n) is 5.67. The maximum absolute atomic E-state index is 13.3. The average Bonchev–Trinajstić information content (AvgIpc) is 2.30. The van der Waals surface area contributed by atoms with E-state index in [1.165, 1.54) is 19.1 Å². The van der Waals surface area contributed by atoms with Crippen molar-refractivity contribution in [2.24, 2.45) is 5.92 Å². The Morgan fingerprint density at radius 2 is 1.94 bits per heavy atom. The molecule has 1 aromatic rings. The summed E-state index contributed by atoms with van der Waals surface area (Å²) < 4.78 is 13.3. The number of nitrogens with one attached hydrogen (secondary N) is 1. The van der Waals surface area contributed by atoms with Gasteiger partial charge in [-0.3, -0.25) is 9.59 Å². The van der Waals surface area contributed by atoms with Crippen LogP contribution in [0.2, 0.25) is 0 Å². The molecule has 2 unspecified atom stereocenters. The number of halogens is 1. The highest BCUT2D eigenvalue weighted by Crippen LogP contribution is 2.08. The molecular weight excluding hydrogens is 237 g/mol. The lowest BCUT2D eigenvalue weighted by atomic mass is 10.0. The zero-order chi connectivity index (χ0) is 13.7. The molecule has 98 valence electrons. The van der Waals surface area contributed by atoms with Gasteiger partial charge in [-0.1, -0.05) is 18.2 Å². The second kappa shape index (κ2) is 6.14. The number of carbonyl (C=O) groups is 2. The minimum absolute atomic E-state index is 0.0939. The highest BCUT2D eigenvalue weighted by molar-refractivity contribution is 5.80. The number of hydrogen-bond donors (Lipinski definition) is 2. The predicted octanol–water partition coefficient (Wildman–Crippen LogP) is 1.59. The lowest BCUT2D eigenvalue weighted by molar-refractivity contribution is -0.142. The summed E-state index contributed by atoms with van der Waals surface area (Å²) in [6.45, 7) is 3.12. The molecule has 0 saturated carbocycles. The first-order chi connectivity index (χ1) is 8.41. The minimum Gasteiger partial charge on any atom is -0.481 e. The number of aliphatic carboxylic acids is 1. The molecule has 0 aromatic heterocycles. The summed E-state index contributed by atoms with van der Waals surface area (Å²) in [5, 5.41) is 11.3. The van der Waals surface area contributed by atoms with Crippen molar-refractivity contribution in [3.63, 3.8) is 0 Å². The molecule has 18 heavy (non-hydrogen) atoms. The molecule has 4 nitrogen and oxygen atoms in total. The molecule has 0 fully saturated rings. The van der Waals surface area contributed by atoms with Gasteiger partial charge >= 0.3 is 5.97 Å². The van der Waals surface area contributed by atoms with Gasteiger partial charge in [0.25, 0.3) is 0 Å². The van der Waals surface area contributed by atoms with E-state index in [0.29, 0.717) is 5.56 Å². The fourth-order valence-electron chi connectivity index (χ4n) is 1.46. The first-order valence-corrected chi connectivity index (χ1v) is 5.67. The van der Waals surface area contributed by atoms with E-state index in [1.54, 1.807) is 19.1 Å². The van der Waals surface area contributed by atoms with Gasteiger partial charge in [0, 0.05) is 6.04 Å². The highest BCUT2D eigenvalue weighted by Gasteiger charge is 2.21. The van der Waals surface area contributed by atoms with Crippen molar-refractivity contribution in [1.29, 1.82) is 0 Å². The van der Waals surface area contributed by atoms with Gasteiger partial charge in [-0.25, -0.2) is 4.39 Å². The van der Waals surface area contributed by atoms with Crippen molar-refractivity contribution in [3.8, 4) is 0 Å². The summed E-state index contributed by atoms with van der Waals surface area (Å²) in [5.41, 5.74) is 0.296. The van der Waals surface area contributed by atoms with Crippen molar-refractivity contribution in [2.75, 3.05) is 0 Å². The predicted molar refractivity (Wildman–Crippen MR) is 64.5 cm³/mol. The Balaban J connectivity index is 2.57. The van der Waals surface area contributed by atoms with E-state index in [-0.39, 0.29) is 12.3 Å². The average molecular weight is 253 g/mol. The Morgan fingerprint density at radius 1 is 1.33 bits per heavy atom. The minimum atomic E-state index is -0.978. The standard InChI is InChI=1S/C13H16FNO3/c1-8(13(17)18)9(2)15-12(16)7-10-5-3-4-6-11(10)14/h3-6,8-9H,7H2,1-2H3,(H,15,16)(H,17,18). The fourth-order valence-corrected chi connectivity index (χ4v) is 1.46. The van der Waals surface area contributed by atoms with Crippen LogP contribution >= 0.6 is 0 Å². The van der Waals surface area contributed by atoms with E-state index in [1.807, 2.05) is 0 Å². The molecule has 1 rings (SSSR count). The Morgan fingerprint density at radius 3 is 2.50 bits per heavy atom. The van der Waals surface area contributed by atoms with Gasteiger partial charge in [-0.05, 0) is 25.5 Å². The number of carboxylic acids is 1. The Kier molecular flexibility index (Phi) is 4.83. The van der Waals surface area contributed by atoms with E-state index in [9.17, 15) is 14.0 Å². The zero-order valence-corrected chi connectivity index (χ0v) is 10.3. The normalized spacial score (nSPS) is 13.7. The summed E-state index contributed by atoms with van der Waals surface area (Å²) in [5.74, 6) is -2.49. The number of rotatable bonds is 5. The number of benzene rings is 1. The lowest BCUT2D eigenvalue weighted by Gasteiger charge is -2.17. The summed E-state index contributed by atoms with van der Waals surface area (Å²) in [4.78, 5) is 22.4. The van der Waals surface area contributed by atoms with Crippen LogP contribution in [0, 0.1) is 11.7 Å². The number of carbonyl (C=O) groups excluding carboxylic acids is 1. The number of carboxylic acid groups (broad SMARTS) is 1. The Bertz CT molecular complexity index is 448. The summed E-state index contributed by atoms with van der Waals surface area (Å²) in [6, 6.07) is 5.51. The van der Waals surface area contributed by atoms with Crippen molar-refractivity contribution >= 4 is 11.9 Å². The van der Waals surface area contributed by atoms with Crippen LogP contribution in [0.1, 0.15) is 19.4 Å². The monoisotopic (exact) mass is 253 g/mol. The summed E-state index contributed by atoms with van der Waals surface area (Å²) >= 11 is 0. The molecule has 0 spiro atoms. The Labute approximate surface area is 105 Å². The quantitative estimate of drug-likeness (QED) is 0.837. The van der Waals surface area contributed by atoms with Gasteiger partial charge in [0.15, 0.2) is 0 Å². The summed E-state index contributed by atoms with van der Waals surface area (Å²) in [7, 11) is 0. The third-order valence-corrected chi connectivity index (χ3v) is 2.84. The SMILES string of the molecule is CC(NC(=O)Cc1ccccc1F)C(C)C(=O)O. The fraction of sp³-hybridized carbons (Fsp3) is 0.385. The molecule has 2 atom stereocenters. The molecule has 1 aromatic carbocycles. The molecule has 0 heterocycles. The lowest BCUT2D eigenvalue weighted by Crippen LogP contribution is -2.40. The molecule has 5 heteroatoms. The van der Waals surface area contributed by atoms with Crippen LogP contribution in [0.3, 0.4) is 0 Å². The molecule has 0 aliphatic heterocycles. The largest absolute Gasteiger partial charge is 0.481 e. The Hall–Kier alpha value is -1.91. The van der Waals surface area contributed by atoms with Crippen LogP contribution in [0.15, 0.2) is 24.3 Å². The summed E-state index contributed by atoms with van der Waals surface area (Å²) in [6.07, 6.45) is -0.0939. The van der Waals surface area contributed by atoms with Gasteiger partial charge in [-0.15, -0.1) is 0 Å². The molecule has 0 saturated heterocycles. The maximum atomic E-state index is 13.3. The molecule has 2 N–H and O–H groups in total. The van der Waals surface area contributed by atoms with Gasteiger partial charge in [-0.2, -0.15) is 0 Å². The second-order valence-electron chi connectivity index (χ2n) is 4.25. The van der Waals surface area contributed by atoms with E-state index < -0.39 is 23.7 Å². The molecule has 0 aliphatic carbocycles. The van der Waals surface area contributed by atoms with E-state index >= 15 is 0 Å². The van der Waals surface area contributed by atoms with Gasteiger partial charge in [0.05, 0.1) is 12.3 Å². The zero-order valence-electron chi connectivity index (χ0n) is 10.3. The first kappa shape index (κ1) is 14.2. The second-order valence-corrected chi connectivity index (χ2v) is 4.25. The van der Waals surface area contributed by atoms with Crippen molar-refractivity contribution in [3.05, 3.63) is 35.6 Å². The van der Waals surface area contributed by atoms with Crippen LogP contribution in [0.25, 0.3) is 0 Å². The smallest absolute Gasteiger partial charge is 0.308 e. The molecule has 1 amide bonds. The third kappa shape index (κ3) is 3.84. The van der Waals surface area contributed by atoms with Crippen LogP contribution in [-0.4, -0.2) is 23.0 Å². The third-order valence-electron chi connectivity index (χ3n) is 2.84. The van der Waals surface area contributed by atoms with Crippen LogP contribution in [0.5, 0.6) is 0 Å². The topological polar surface area (TPSA) is 66.4 Å².